The molecule has 1 saturated carbocycles. The lowest BCUT2D eigenvalue weighted by molar-refractivity contribution is 0.426. The Morgan fingerprint density at radius 3 is 2.65 bits per heavy atom. The van der Waals surface area contributed by atoms with Crippen LogP contribution in [-0.2, 0) is 6.54 Å². The molecule has 1 aliphatic carbocycles. The molecule has 0 amide bonds. The first kappa shape index (κ1) is 12.4. The van der Waals surface area contributed by atoms with E-state index < -0.39 is 0 Å². The van der Waals surface area contributed by atoms with Crippen molar-refractivity contribution in [2.45, 2.75) is 44.7 Å². The third-order valence-corrected chi connectivity index (χ3v) is 3.67. The largest absolute Gasteiger partial charge is 0.357 e. The molecule has 3 nitrogen and oxygen atoms in total. The predicted octanol–water partition coefficient (Wildman–Crippen LogP) is 2.57. The van der Waals surface area contributed by atoms with E-state index in [0.29, 0.717) is 6.04 Å². The molecule has 94 valence electrons. The van der Waals surface area contributed by atoms with Crippen molar-refractivity contribution in [3.8, 4) is 0 Å². The molecule has 1 N–H and O–H groups in total. The average molecular weight is 233 g/mol. The number of nitrogens with one attached hydrogen (secondary N) is 1. The van der Waals surface area contributed by atoms with Crippen molar-refractivity contribution in [1.29, 1.82) is 0 Å². The summed E-state index contributed by atoms with van der Waals surface area (Å²) in [5, 5.41) is 3.14. The number of nitrogens with zero attached hydrogens (tertiary/aromatic N) is 2. The molecule has 1 heterocycles. The smallest absolute Gasteiger partial charge is 0.128 e. The summed E-state index contributed by atoms with van der Waals surface area (Å²) in [7, 11) is 4.14. The highest BCUT2D eigenvalue weighted by molar-refractivity contribution is 5.39. The maximum Gasteiger partial charge on any atom is 0.128 e. The van der Waals surface area contributed by atoms with Gasteiger partial charge < -0.3 is 10.2 Å². The van der Waals surface area contributed by atoms with Crippen LogP contribution in [0, 0.1) is 0 Å². The summed E-state index contributed by atoms with van der Waals surface area (Å²) in [5.74, 6) is 1.11. The molecule has 3 heteroatoms. The van der Waals surface area contributed by atoms with Crippen molar-refractivity contribution in [2.75, 3.05) is 19.0 Å². The summed E-state index contributed by atoms with van der Waals surface area (Å²) in [5.41, 5.74) is 1.24. The standard InChI is InChI=1S/C14H23N3/c1-15-10-12-8-9-14(16-11-12)17(2)13-6-4-3-5-7-13/h8-9,11,13,15H,3-7,10H2,1-2H3. The van der Waals surface area contributed by atoms with Crippen LogP contribution < -0.4 is 10.2 Å². The number of hydrogen-bond acceptors (Lipinski definition) is 3. The number of rotatable bonds is 4. The maximum absolute atomic E-state index is 4.56. The van der Waals surface area contributed by atoms with Crippen LogP contribution in [-0.4, -0.2) is 25.1 Å². The van der Waals surface area contributed by atoms with Crippen LogP contribution in [0.4, 0.5) is 5.82 Å². The maximum atomic E-state index is 4.56. The zero-order valence-electron chi connectivity index (χ0n) is 10.9. The van der Waals surface area contributed by atoms with Gasteiger partial charge in [0, 0.05) is 25.8 Å². The van der Waals surface area contributed by atoms with Gasteiger partial charge in [-0.3, -0.25) is 0 Å². The third-order valence-electron chi connectivity index (χ3n) is 3.67. The average Bonchev–Trinajstić information content (AvgIpc) is 2.40. The Morgan fingerprint density at radius 2 is 2.06 bits per heavy atom. The minimum absolute atomic E-state index is 0.686. The van der Waals surface area contributed by atoms with Gasteiger partial charge in [-0.25, -0.2) is 4.98 Å². The second-order valence-corrected chi connectivity index (χ2v) is 4.96. The van der Waals surface area contributed by atoms with Gasteiger partial charge in [-0.1, -0.05) is 25.3 Å². The molecular formula is C14H23N3. The molecule has 0 aliphatic heterocycles. The van der Waals surface area contributed by atoms with Crippen molar-refractivity contribution in [1.82, 2.24) is 10.3 Å². The highest BCUT2D eigenvalue weighted by Gasteiger charge is 2.18. The Morgan fingerprint density at radius 1 is 1.29 bits per heavy atom. The van der Waals surface area contributed by atoms with Crippen LogP contribution in [0.15, 0.2) is 18.3 Å². The van der Waals surface area contributed by atoms with Crippen molar-refractivity contribution in [2.24, 2.45) is 0 Å². The van der Waals surface area contributed by atoms with Gasteiger partial charge >= 0.3 is 0 Å². The van der Waals surface area contributed by atoms with E-state index in [1.165, 1.54) is 37.7 Å². The molecule has 1 fully saturated rings. The van der Waals surface area contributed by atoms with Crippen molar-refractivity contribution in [3.63, 3.8) is 0 Å². The van der Waals surface area contributed by atoms with E-state index in [1.54, 1.807) is 0 Å². The first-order chi connectivity index (χ1) is 8.31. The molecule has 0 atom stereocenters. The second-order valence-electron chi connectivity index (χ2n) is 4.96. The van der Waals surface area contributed by atoms with E-state index in [4.69, 9.17) is 0 Å². The fourth-order valence-corrected chi connectivity index (χ4v) is 2.59. The quantitative estimate of drug-likeness (QED) is 0.866. The van der Waals surface area contributed by atoms with Crippen LogP contribution in [0.5, 0.6) is 0 Å². The van der Waals surface area contributed by atoms with Crippen LogP contribution in [0.3, 0.4) is 0 Å². The molecule has 2 rings (SSSR count). The normalized spacial score (nSPS) is 17.1. The summed E-state index contributed by atoms with van der Waals surface area (Å²) in [6.45, 7) is 0.889. The molecule has 1 aromatic rings. The van der Waals surface area contributed by atoms with Gasteiger partial charge in [-0.15, -0.1) is 0 Å². The predicted molar refractivity (Wildman–Crippen MR) is 72.3 cm³/mol. The number of hydrogen-bond donors (Lipinski definition) is 1. The van der Waals surface area contributed by atoms with Gasteiger partial charge in [-0.2, -0.15) is 0 Å². The molecule has 0 radical (unpaired) electrons. The highest BCUT2D eigenvalue weighted by atomic mass is 15.2. The Bertz CT molecular complexity index is 328. The fraction of sp³-hybridized carbons (Fsp3) is 0.643. The van der Waals surface area contributed by atoms with Crippen LogP contribution >= 0.6 is 0 Å². The lowest BCUT2D eigenvalue weighted by Crippen LogP contribution is -2.33. The number of aromatic nitrogens is 1. The molecule has 0 unspecified atom stereocenters. The van der Waals surface area contributed by atoms with Gasteiger partial charge in [0.25, 0.3) is 0 Å². The lowest BCUT2D eigenvalue weighted by Gasteiger charge is -2.32. The molecular weight excluding hydrogens is 210 g/mol. The van der Waals surface area contributed by atoms with E-state index >= 15 is 0 Å². The zero-order valence-corrected chi connectivity index (χ0v) is 10.9. The van der Waals surface area contributed by atoms with Gasteiger partial charge in [-0.05, 0) is 31.5 Å². The van der Waals surface area contributed by atoms with E-state index in [-0.39, 0.29) is 0 Å². The van der Waals surface area contributed by atoms with Gasteiger partial charge in [0.05, 0.1) is 0 Å². The monoisotopic (exact) mass is 233 g/mol. The Kier molecular flexibility index (Phi) is 4.37. The van der Waals surface area contributed by atoms with Gasteiger partial charge in [0.1, 0.15) is 5.82 Å². The molecule has 1 aliphatic rings. The first-order valence-electron chi connectivity index (χ1n) is 6.63. The lowest BCUT2D eigenvalue weighted by atomic mass is 9.94. The summed E-state index contributed by atoms with van der Waals surface area (Å²) < 4.78 is 0. The minimum Gasteiger partial charge on any atom is -0.357 e. The summed E-state index contributed by atoms with van der Waals surface area (Å²) >= 11 is 0. The van der Waals surface area contributed by atoms with E-state index in [9.17, 15) is 0 Å². The van der Waals surface area contributed by atoms with Crippen molar-refractivity contribution >= 4 is 5.82 Å². The third kappa shape index (κ3) is 3.19. The first-order valence-corrected chi connectivity index (χ1v) is 6.63. The van der Waals surface area contributed by atoms with E-state index in [0.717, 1.165) is 12.4 Å². The van der Waals surface area contributed by atoms with Gasteiger partial charge in [0.15, 0.2) is 0 Å². The van der Waals surface area contributed by atoms with E-state index in [2.05, 4.69) is 34.4 Å². The molecule has 0 aromatic carbocycles. The zero-order chi connectivity index (χ0) is 12.1. The summed E-state index contributed by atoms with van der Waals surface area (Å²) in [4.78, 5) is 6.91. The van der Waals surface area contributed by atoms with Crippen LogP contribution in [0.2, 0.25) is 0 Å². The number of anilines is 1. The number of pyridine rings is 1. The SMILES string of the molecule is CNCc1ccc(N(C)C2CCCCC2)nc1. The Labute approximate surface area is 104 Å². The van der Waals surface area contributed by atoms with Gasteiger partial charge in [0.2, 0.25) is 0 Å². The summed E-state index contributed by atoms with van der Waals surface area (Å²) in [6.07, 6.45) is 8.75. The van der Waals surface area contributed by atoms with E-state index in [1.807, 2.05) is 13.2 Å². The second kappa shape index (κ2) is 6.01. The molecule has 1 aromatic heterocycles. The van der Waals surface area contributed by atoms with Crippen LogP contribution in [0.25, 0.3) is 0 Å². The Hall–Kier alpha value is -1.09. The molecule has 0 bridgehead atoms. The topological polar surface area (TPSA) is 28.2 Å². The van der Waals surface area contributed by atoms with Crippen molar-refractivity contribution < 1.29 is 0 Å². The molecule has 0 saturated heterocycles. The van der Waals surface area contributed by atoms with Crippen LogP contribution in [0.1, 0.15) is 37.7 Å². The molecule has 0 spiro atoms. The summed E-state index contributed by atoms with van der Waals surface area (Å²) in [6, 6.07) is 4.99. The minimum atomic E-state index is 0.686. The Balaban J connectivity index is 2.00. The molecule has 17 heavy (non-hydrogen) atoms. The van der Waals surface area contributed by atoms with Crippen molar-refractivity contribution in [3.05, 3.63) is 23.9 Å². The fourth-order valence-electron chi connectivity index (χ4n) is 2.59. The highest BCUT2D eigenvalue weighted by Crippen LogP contribution is 2.24.